The Labute approximate surface area is 194 Å². The lowest BCUT2D eigenvalue weighted by molar-refractivity contribution is -0.0494. The average Bonchev–Trinajstić information content (AvgIpc) is 2.68. The van der Waals surface area contributed by atoms with Crippen molar-refractivity contribution >= 4 is 40.0 Å². The van der Waals surface area contributed by atoms with Crippen LogP contribution in [-0.4, -0.2) is 69.1 Å². The highest BCUT2D eigenvalue weighted by atomic mass is 127. The van der Waals surface area contributed by atoms with Crippen molar-refractivity contribution in [1.29, 1.82) is 0 Å². The van der Waals surface area contributed by atoms with Gasteiger partial charge in [0.05, 0.1) is 6.10 Å². The standard InChI is InChI=1S/C18H33F3N4O3S.HI/c1-2-22-17(23-11-6-14-28-16-7-4-3-5-8-16)24-15-9-12-25(13-10-15)29(26,27)18(19,20)21;/h15-16H,2-14H2,1H3,(H2,22,23,24);1H. The highest BCUT2D eigenvalue weighted by Gasteiger charge is 2.50. The minimum Gasteiger partial charge on any atom is -0.378 e. The first-order valence-electron chi connectivity index (χ1n) is 10.5. The molecule has 1 saturated carbocycles. The van der Waals surface area contributed by atoms with Crippen LogP contribution in [0, 0.1) is 0 Å². The van der Waals surface area contributed by atoms with Gasteiger partial charge in [-0.3, -0.25) is 4.99 Å². The van der Waals surface area contributed by atoms with E-state index in [-0.39, 0.29) is 43.1 Å². The Morgan fingerprint density at radius 2 is 1.77 bits per heavy atom. The van der Waals surface area contributed by atoms with E-state index in [4.69, 9.17) is 4.74 Å². The van der Waals surface area contributed by atoms with Crippen molar-refractivity contribution in [2.75, 3.05) is 32.8 Å². The van der Waals surface area contributed by atoms with Crippen molar-refractivity contribution in [3.05, 3.63) is 0 Å². The molecule has 2 N–H and O–H groups in total. The third-order valence-electron chi connectivity index (χ3n) is 5.25. The second-order valence-electron chi connectivity index (χ2n) is 7.51. The quantitative estimate of drug-likeness (QED) is 0.203. The zero-order chi connectivity index (χ0) is 21.3. The molecule has 7 nitrogen and oxygen atoms in total. The highest BCUT2D eigenvalue weighted by molar-refractivity contribution is 14.0. The second kappa shape index (κ2) is 13.3. The smallest absolute Gasteiger partial charge is 0.378 e. The first-order valence-corrected chi connectivity index (χ1v) is 11.9. The maximum atomic E-state index is 12.7. The normalized spacial score (nSPS) is 20.6. The van der Waals surface area contributed by atoms with E-state index < -0.39 is 15.5 Å². The summed E-state index contributed by atoms with van der Waals surface area (Å²) in [4.78, 5) is 4.50. The summed E-state index contributed by atoms with van der Waals surface area (Å²) in [6.45, 7) is 3.53. The number of hydrogen-bond acceptors (Lipinski definition) is 4. The maximum absolute atomic E-state index is 12.7. The molecule has 1 aliphatic carbocycles. The summed E-state index contributed by atoms with van der Waals surface area (Å²) in [6.07, 6.45) is 7.80. The molecule has 0 atom stereocenters. The Morgan fingerprint density at radius 3 is 2.33 bits per heavy atom. The summed E-state index contributed by atoms with van der Waals surface area (Å²) in [7, 11) is -5.25. The fourth-order valence-corrected chi connectivity index (χ4v) is 4.62. The van der Waals surface area contributed by atoms with Gasteiger partial charge < -0.3 is 15.4 Å². The predicted octanol–water partition coefficient (Wildman–Crippen LogP) is 3.21. The summed E-state index contributed by atoms with van der Waals surface area (Å²) in [5, 5.41) is 6.33. The molecule has 2 rings (SSSR count). The van der Waals surface area contributed by atoms with Crippen LogP contribution in [0.5, 0.6) is 0 Å². The number of piperidine rings is 1. The Kier molecular flexibility index (Phi) is 12.2. The number of halogens is 4. The molecule has 1 saturated heterocycles. The van der Waals surface area contributed by atoms with Crippen molar-refractivity contribution in [2.24, 2.45) is 4.99 Å². The fourth-order valence-electron chi connectivity index (χ4n) is 3.64. The lowest BCUT2D eigenvalue weighted by atomic mass is 9.98. The van der Waals surface area contributed by atoms with Gasteiger partial charge in [0.1, 0.15) is 0 Å². The Morgan fingerprint density at radius 1 is 1.13 bits per heavy atom. The number of hydrogen-bond donors (Lipinski definition) is 2. The lowest BCUT2D eigenvalue weighted by Gasteiger charge is -2.32. The predicted molar refractivity (Wildman–Crippen MR) is 122 cm³/mol. The summed E-state index contributed by atoms with van der Waals surface area (Å²) >= 11 is 0. The molecule has 0 aromatic heterocycles. The lowest BCUT2D eigenvalue weighted by Crippen LogP contribution is -2.51. The Balaban J connectivity index is 0.00000450. The number of rotatable bonds is 8. The number of sulfonamides is 1. The second-order valence-corrected chi connectivity index (χ2v) is 9.44. The highest BCUT2D eigenvalue weighted by Crippen LogP contribution is 2.29. The van der Waals surface area contributed by atoms with Crippen LogP contribution in [0.15, 0.2) is 4.99 Å². The monoisotopic (exact) mass is 570 g/mol. The maximum Gasteiger partial charge on any atom is 0.511 e. The number of guanidine groups is 1. The van der Waals surface area contributed by atoms with Gasteiger partial charge in [-0.15, -0.1) is 24.0 Å². The van der Waals surface area contributed by atoms with E-state index in [9.17, 15) is 21.6 Å². The van der Waals surface area contributed by atoms with Gasteiger partial charge in [0.2, 0.25) is 0 Å². The van der Waals surface area contributed by atoms with Gasteiger partial charge in [-0.1, -0.05) is 19.3 Å². The van der Waals surface area contributed by atoms with Crippen LogP contribution < -0.4 is 10.6 Å². The van der Waals surface area contributed by atoms with Crippen LogP contribution in [-0.2, 0) is 14.8 Å². The van der Waals surface area contributed by atoms with Gasteiger partial charge in [0.25, 0.3) is 0 Å². The molecule has 0 spiro atoms. The molecule has 0 bridgehead atoms. The first-order chi connectivity index (χ1) is 13.7. The molecule has 0 radical (unpaired) electrons. The first kappa shape index (κ1) is 27.7. The average molecular weight is 570 g/mol. The minimum absolute atomic E-state index is 0. The molecule has 0 unspecified atom stereocenters. The van der Waals surface area contributed by atoms with E-state index in [2.05, 4.69) is 15.6 Å². The van der Waals surface area contributed by atoms with E-state index in [0.717, 1.165) is 19.3 Å². The van der Waals surface area contributed by atoms with Crippen molar-refractivity contribution in [3.63, 3.8) is 0 Å². The van der Waals surface area contributed by atoms with Gasteiger partial charge in [-0.05, 0) is 39.0 Å². The molecule has 0 aromatic rings. The Bertz CT molecular complexity index is 621. The van der Waals surface area contributed by atoms with Crippen LogP contribution in [0.25, 0.3) is 0 Å². The third kappa shape index (κ3) is 8.65. The zero-order valence-electron chi connectivity index (χ0n) is 17.4. The molecule has 0 amide bonds. The fraction of sp³-hybridized carbons (Fsp3) is 0.944. The number of alkyl halides is 3. The van der Waals surface area contributed by atoms with E-state index in [1.54, 1.807) is 0 Å². The van der Waals surface area contributed by atoms with Crippen LogP contribution in [0.3, 0.4) is 0 Å². The van der Waals surface area contributed by atoms with Crippen LogP contribution >= 0.6 is 24.0 Å². The van der Waals surface area contributed by atoms with Gasteiger partial charge in [0.15, 0.2) is 5.96 Å². The van der Waals surface area contributed by atoms with Gasteiger partial charge in [0, 0.05) is 38.8 Å². The summed E-state index contributed by atoms with van der Waals surface area (Å²) in [6, 6.07) is -0.119. The zero-order valence-corrected chi connectivity index (χ0v) is 20.6. The van der Waals surface area contributed by atoms with Crippen LogP contribution in [0.4, 0.5) is 13.2 Å². The topological polar surface area (TPSA) is 83.0 Å². The van der Waals surface area contributed by atoms with E-state index in [1.807, 2.05) is 6.92 Å². The molecular formula is C18H34F3IN4O3S. The van der Waals surface area contributed by atoms with Crippen LogP contribution in [0.1, 0.15) is 58.3 Å². The van der Waals surface area contributed by atoms with Crippen molar-refractivity contribution in [3.8, 4) is 0 Å². The van der Waals surface area contributed by atoms with Gasteiger partial charge in [-0.25, -0.2) is 8.42 Å². The SMILES string of the molecule is CCNC(=NCCCOC1CCCCC1)NC1CCN(S(=O)(=O)C(F)(F)F)CC1.I. The molecule has 1 heterocycles. The molecular weight excluding hydrogens is 536 g/mol. The summed E-state index contributed by atoms with van der Waals surface area (Å²) < 4.78 is 67.4. The largest absolute Gasteiger partial charge is 0.511 e. The number of nitrogens with zero attached hydrogens (tertiary/aromatic N) is 2. The number of aliphatic imine (C=N–C) groups is 1. The van der Waals surface area contributed by atoms with E-state index in [0.29, 0.717) is 48.9 Å². The van der Waals surface area contributed by atoms with Gasteiger partial charge >= 0.3 is 15.5 Å². The van der Waals surface area contributed by atoms with E-state index >= 15 is 0 Å². The van der Waals surface area contributed by atoms with Crippen molar-refractivity contribution in [1.82, 2.24) is 14.9 Å². The summed E-state index contributed by atoms with van der Waals surface area (Å²) in [5.74, 6) is 0.599. The number of nitrogens with one attached hydrogen (secondary N) is 2. The summed E-state index contributed by atoms with van der Waals surface area (Å²) in [5.41, 5.74) is -5.25. The number of ether oxygens (including phenoxy) is 1. The Hall–Kier alpha value is -0.340. The molecule has 30 heavy (non-hydrogen) atoms. The van der Waals surface area contributed by atoms with Crippen LogP contribution in [0.2, 0.25) is 0 Å². The molecule has 12 heteroatoms. The molecule has 1 aliphatic heterocycles. The minimum atomic E-state index is -5.25. The third-order valence-corrected chi connectivity index (χ3v) is 6.88. The molecule has 178 valence electrons. The molecule has 2 fully saturated rings. The molecule has 0 aromatic carbocycles. The van der Waals surface area contributed by atoms with Crippen molar-refractivity contribution in [2.45, 2.75) is 75.9 Å². The van der Waals surface area contributed by atoms with Gasteiger partial charge in [-0.2, -0.15) is 17.5 Å². The van der Waals surface area contributed by atoms with E-state index in [1.165, 1.54) is 19.3 Å². The van der Waals surface area contributed by atoms with Crippen molar-refractivity contribution < 1.29 is 26.3 Å². The molecule has 2 aliphatic rings.